The minimum Gasteiger partial charge on any atom is -0.310 e. The summed E-state index contributed by atoms with van der Waals surface area (Å²) in [6, 6.07) is 71.4. The number of hydrogen-bond acceptors (Lipinski definition) is 1. The number of aromatic nitrogens is 1. The molecule has 1 unspecified atom stereocenters. The van der Waals surface area contributed by atoms with Crippen LogP contribution in [-0.2, 0) is 5.41 Å². The predicted octanol–water partition coefficient (Wildman–Crippen LogP) is 12.6. The van der Waals surface area contributed by atoms with Crippen molar-refractivity contribution in [3.63, 3.8) is 0 Å². The second-order valence-electron chi connectivity index (χ2n) is 13.7. The highest BCUT2D eigenvalue weighted by atomic mass is 15.1. The highest BCUT2D eigenvalue weighted by Gasteiger charge is 2.51. The van der Waals surface area contributed by atoms with Gasteiger partial charge in [-0.25, -0.2) is 0 Å². The van der Waals surface area contributed by atoms with E-state index in [1.165, 1.54) is 72.0 Å². The molecule has 0 saturated heterocycles. The summed E-state index contributed by atoms with van der Waals surface area (Å²) in [5.41, 5.74) is 17.0. The highest BCUT2D eigenvalue weighted by molar-refractivity contribution is 6.12. The summed E-state index contributed by atoms with van der Waals surface area (Å²) >= 11 is 0. The maximum atomic E-state index is 2.51. The first-order valence-corrected chi connectivity index (χ1v) is 17.7. The first-order chi connectivity index (χ1) is 25.3. The standard InChI is InChI=1S/C49H32N2/c1-3-14-33(15-4-1)34-26-28-36(29-27-34)50(35-16-5-2-6-17-35)37-30-31-39-38-18-7-9-21-42(38)49(45(39)32-37)43-22-10-12-25-47(43)51-46-24-11-8-19-40(46)41-20-13-23-44(49)48(41)51/h1-32H. The van der Waals surface area contributed by atoms with Crippen molar-refractivity contribution in [3.8, 4) is 27.9 Å². The molecule has 2 heterocycles. The molecule has 1 aromatic heterocycles. The number of para-hydroxylation sites is 4. The number of rotatable bonds is 4. The van der Waals surface area contributed by atoms with Crippen molar-refractivity contribution in [3.05, 3.63) is 216 Å². The Labute approximate surface area is 297 Å². The van der Waals surface area contributed by atoms with Crippen molar-refractivity contribution in [1.29, 1.82) is 0 Å². The lowest BCUT2D eigenvalue weighted by molar-refractivity contribution is 0.748. The van der Waals surface area contributed by atoms with E-state index in [9.17, 15) is 0 Å². The molecule has 0 radical (unpaired) electrons. The van der Waals surface area contributed by atoms with Crippen LogP contribution in [0, 0.1) is 0 Å². The Kier molecular flexibility index (Phi) is 5.91. The largest absolute Gasteiger partial charge is 0.310 e. The van der Waals surface area contributed by atoms with Crippen LogP contribution in [0.15, 0.2) is 194 Å². The fourth-order valence-corrected chi connectivity index (χ4v) is 9.15. The maximum absolute atomic E-state index is 2.51. The van der Waals surface area contributed by atoms with Gasteiger partial charge in [0, 0.05) is 27.8 Å². The Balaban J connectivity index is 1.20. The van der Waals surface area contributed by atoms with Gasteiger partial charge in [-0.1, -0.05) is 146 Å². The molecule has 1 atom stereocenters. The average Bonchev–Trinajstić information content (AvgIpc) is 3.69. The van der Waals surface area contributed by atoms with E-state index >= 15 is 0 Å². The van der Waals surface area contributed by atoms with E-state index in [0.29, 0.717) is 0 Å². The quantitative estimate of drug-likeness (QED) is 0.184. The second-order valence-corrected chi connectivity index (χ2v) is 13.7. The van der Waals surface area contributed by atoms with Crippen molar-refractivity contribution < 1.29 is 0 Å². The zero-order valence-corrected chi connectivity index (χ0v) is 27.9. The zero-order valence-electron chi connectivity index (χ0n) is 27.9. The van der Waals surface area contributed by atoms with E-state index < -0.39 is 5.41 Å². The number of fused-ring (bicyclic) bond motifs is 12. The fourth-order valence-electron chi connectivity index (χ4n) is 9.15. The van der Waals surface area contributed by atoms with Crippen LogP contribution < -0.4 is 4.90 Å². The molecular weight excluding hydrogens is 617 g/mol. The van der Waals surface area contributed by atoms with Crippen molar-refractivity contribution in [2.75, 3.05) is 4.90 Å². The Morgan fingerprint density at radius 2 is 0.961 bits per heavy atom. The third kappa shape index (κ3) is 3.82. The number of hydrogen-bond donors (Lipinski definition) is 0. The topological polar surface area (TPSA) is 8.17 Å². The van der Waals surface area contributed by atoms with Gasteiger partial charge in [0.15, 0.2) is 0 Å². The summed E-state index contributed by atoms with van der Waals surface area (Å²) in [6.45, 7) is 0. The molecular formula is C49H32N2. The van der Waals surface area contributed by atoms with E-state index in [2.05, 4.69) is 204 Å². The lowest BCUT2D eigenvalue weighted by atomic mass is 9.65. The molecule has 0 saturated carbocycles. The molecule has 2 aliphatic rings. The molecule has 1 aliphatic carbocycles. The van der Waals surface area contributed by atoms with E-state index in [0.717, 1.165) is 17.1 Å². The van der Waals surface area contributed by atoms with E-state index in [1.807, 2.05) is 0 Å². The molecule has 9 aromatic rings. The number of nitrogens with zero attached hydrogens (tertiary/aromatic N) is 2. The monoisotopic (exact) mass is 648 g/mol. The summed E-state index contributed by atoms with van der Waals surface area (Å²) in [5.74, 6) is 0. The van der Waals surface area contributed by atoms with Crippen LogP contribution in [0.5, 0.6) is 0 Å². The van der Waals surface area contributed by atoms with Gasteiger partial charge in [-0.15, -0.1) is 0 Å². The van der Waals surface area contributed by atoms with Gasteiger partial charge >= 0.3 is 0 Å². The first-order valence-electron chi connectivity index (χ1n) is 17.7. The first kappa shape index (κ1) is 28.2. The summed E-state index contributed by atoms with van der Waals surface area (Å²) < 4.78 is 2.51. The van der Waals surface area contributed by atoms with Crippen molar-refractivity contribution >= 4 is 38.9 Å². The lowest BCUT2D eigenvalue weighted by Crippen LogP contribution is -2.33. The molecule has 11 rings (SSSR count). The maximum Gasteiger partial charge on any atom is 0.0755 e. The van der Waals surface area contributed by atoms with Crippen LogP contribution in [0.3, 0.4) is 0 Å². The van der Waals surface area contributed by atoms with E-state index in [-0.39, 0.29) is 0 Å². The number of benzene rings is 8. The van der Waals surface area contributed by atoms with Crippen LogP contribution in [0.4, 0.5) is 17.1 Å². The molecule has 8 aromatic carbocycles. The van der Waals surface area contributed by atoms with Gasteiger partial charge in [-0.05, 0) is 93.0 Å². The smallest absolute Gasteiger partial charge is 0.0755 e. The molecule has 0 amide bonds. The van der Waals surface area contributed by atoms with Crippen LogP contribution in [0.25, 0.3) is 49.7 Å². The van der Waals surface area contributed by atoms with Gasteiger partial charge < -0.3 is 9.47 Å². The molecule has 0 N–H and O–H groups in total. The van der Waals surface area contributed by atoms with Gasteiger partial charge in [0.05, 0.1) is 22.1 Å². The predicted molar refractivity (Wildman–Crippen MR) is 212 cm³/mol. The van der Waals surface area contributed by atoms with Crippen LogP contribution in [0.1, 0.15) is 22.3 Å². The molecule has 51 heavy (non-hydrogen) atoms. The molecule has 0 bridgehead atoms. The molecule has 2 heteroatoms. The minimum atomic E-state index is -0.498. The van der Waals surface area contributed by atoms with Gasteiger partial charge in [-0.3, -0.25) is 0 Å². The Hall–Kier alpha value is -6.64. The van der Waals surface area contributed by atoms with Crippen molar-refractivity contribution in [2.24, 2.45) is 0 Å². The highest BCUT2D eigenvalue weighted by Crippen LogP contribution is 2.61. The normalized spacial score (nSPS) is 15.1. The Bertz CT molecular complexity index is 2790. The fraction of sp³-hybridized carbons (Fsp3) is 0.0204. The third-order valence-corrected chi connectivity index (χ3v) is 11.2. The molecule has 2 nitrogen and oxygen atoms in total. The Morgan fingerprint density at radius 3 is 1.80 bits per heavy atom. The summed E-state index contributed by atoms with van der Waals surface area (Å²) in [5, 5.41) is 2.58. The molecule has 1 spiro atoms. The summed E-state index contributed by atoms with van der Waals surface area (Å²) in [4.78, 5) is 2.40. The van der Waals surface area contributed by atoms with Gasteiger partial charge in [0.2, 0.25) is 0 Å². The molecule has 0 fully saturated rings. The second kappa shape index (κ2) is 10.7. The zero-order chi connectivity index (χ0) is 33.5. The summed E-state index contributed by atoms with van der Waals surface area (Å²) in [6.07, 6.45) is 0. The molecule has 238 valence electrons. The van der Waals surface area contributed by atoms with Gasteiger partial charge in [0.25, 0.3) is 0 Å². The Morgan fingerprint density at radius 1 is 0.373 bits per heavy atom. The van der Waals surface area contributed by atoms with Crippen LogP contribution >= 0.6 is 0 Å². The minimum absolute atomic E-state index is 0.498. The SMILES string of the molecule is c1ccc(-c2ccc(N(c3ccccc3)c3ccc4c(c3)C3(c5ccccc5-4)c4ccccc4-n4c5ccccc5c5cccc3c54)cc2)cc1. The van der Waals surface area contributed by atoms with Crippen LogP contribution in [0.2, 0.25) is 0 Å². The summed E-state index contributed by atoms with van der Waals surface area (Å²) in [7, 11) is 0. The van der Waals surface area contributed by atoms with E-state index in [1.54, 1.807) is 0 Å². The third-order valence-electron chi connectivity index (χ3n) is 11.2. The van der Waals surface area contributed by atoms with Crippen LogP contribution in [-0.4, -0.2) is 4.57 Å². The van der Waals surface area contributed by atoms with E-state index in [4.69, 9.17) is 0 Å². The average molecular weight is 649 g/mol. The van der Waals surface area contributed by atoms with Crippen molar-refractivity contribution in [1.82, 2.24) is 4.57 Å². The number of anilines is 3. The van der Waals surface area contributed by atoms with Gasteiger partial charge in [-0.2, -0.15) is 0 Å². The van der Waals surface area contributed by atoms with Crippen molar-refractivity contribution in [2.45, 2.75) is 5.41 Å². The molecule has 1 aliphatic heterocycles. The van der Waals surface area contributed by atoms with Gasteiger partial charge in [0.1, 0.15) is 0 Å². The lowest BCUT2D eigenvalue weighted by Gasteiger charge is -2.40.